The van der Waals surface area contributed by atoms with Crippen molar-refractivity contribution in [3.63, 3.8) is 0 Å². The number of piperidine rings is 1. The van der Waals surface area contributed by atoms with Crippen molar-refractivity contribution in [2.75, 3.05) is 39.4 Å². The van der Waals surface area contributed by atoms with Gasteiger partial charge in [-0.25, -0.2) is 4.39 Å². The van der Waals surface area contributed by atoms with Crippen molar-refractivity contribution < 1.29 is 23.5 Å². The first-order valence-electron chi connectivity index (χ1n) is 14.9. The molecule has 0 bridgehead atoms. The number of esters is 1. The molecule has 1 aliphatic carbocycles. The van der Waals surface area contributed by atoms with Crippen LogP contribution in [0.1, 0.15) is 69.9 Å². The summed E-state index contributed by atoms with van der Waals surface area (Å²) < 4.78 is 26.1. The number of carbonyl (C=O) groups is 1. The average molecular weight is 629 g/mol. The second-order valence-electron chi connectivity index (χ2n) is 12.2. The fourth-order valence-electron chi connectivity index (χ4n) is 6.48. The molecule has 6 rings (SSSR count). The Kier molecular flexibility index (Phi) is 7.78. The first-order chi connectivity index (χ1) is 19.7. The molecular formula is C32H39BrFN3O4. The Morgan fingerprint density at radius 3 is 2.49 bits per heavy atom. The zero-order chi connectivity index (χ0) is 28.8. The molecule has 0 aromatic heterocycles. The summed E-state index contributed by atoms with van der Waals surface area (Å²) >= 11 is 3.89. The minimum atomic E-state index is -0.421. The number of nitrogens with zero attached hydrogens (tertiary/aromatic N) is 3. The maximum atomic E-state index is 13.7. The van der Waals surface area contributed by atoms with E-state index in [4.69, 9.17) is 14.3 Å². The maximum absolute atomic E-state index is 13.7. The number of halogens is 2. The monoisotopic (exact) mass is 627 g/mol. The zero-order valence-corrected chi connectivity index (χ0v) is 25.8. The maximum Gasteiger partial charge on any atom is 0.311 e. The molecule has 3 heterocycles. The van der Waals surface area contributed by atoms with Gasteiger partial charge in [0.15, 0.2) is 5.60 Å². The number of carbonyl (C=O) groups excluding carboxylic acids is 1. The van der Waals surface area contributed by atoms with Crippen molar-refractivity contribution in [1.29, 1.82) is 0 Å². The van der Waals surface area contributed by atoms with E-state index in [-0.39, 0.29) is 17.4 Å². The average Bonchev–Trinajstić information content (AvgIpc) is 3.70. The molecular weight excluding hydrogens is 589 g/mol. The summed E-state index contributed by atoms with van der Waals surface area (Å²) in [6.45, 7) is 10.8. The Bertz CT molecular complexity index is 1330. The van der Waals surface area contributed by atoms with Crippen LogP contribution < -0.4 is 4.74 Å². The van der Waals surface area contributed by atoms with Crippen molar-refractivity contribution in [2.45, 2.75) is 70.9 Å². The summed E-state index contributed by atoms with van der Waals surface area (Å²) in [6.07, 6.45) is 4.65. The molecule has 3 fully saturated rings. The lowest BCUT2D eigenvalue weighted by Crippen LogP contribution is -2.61. The lowest BCUT2D eigenvalue weighted by Gasteiger charge is -2.46. The molecule has 0 amide bonds. The largest absolute Gasteiger partial charge is 0.492 e. The first-order valence-corrected chi connectivity index (χ1v) is 15.7. The Morgan fingerprint density at radius 2 is 1.85 bits per heavy atom. The normalized spacial score (nSPS) is 21.3. The predicted octanol–water partition coefficient (Wildman–Crippen LogP) is 6.48. The van der Waals surface area contributed by atoms with Gasteiger partial charge in [0.05, 0.1) is 29.5 Å². The molecule has 9 heteroatoms. The molecule has 220 valence electrons. The van der Waals surface area contributed by atoms with Gasteiger partial charge >= 0.3 is 5.97 Å². The summed E-state index contributed by atoms with van der Waals surface area (Å²) in [5.74, 6) is 2.05. The molecule has 41 heavy (non-hydrogen) atoms. The minimum Gasteiger partial charge on any atom is -0.492 e. The van der Waals surface area contributed by atoms with Crippen LogP contribution in [-0.2, 0) is 20.9 Å². The summed E-state index contributed by atoms with van der Waals surface area (Å²) in [5.41, 5.74) is 3.87. The topological polar surface area (TPSA) is 63.6 Å². The molecule has 0 atom stereocenters. The van der Waals surface area contributed by atoms with Gasteiger partial charge in [-0.1, -0.05) is 17.3 Å². The molecule has 1 saturated carbocycles. The molecule has 3 aliphatic heterocycles. The number of ether oxygens (including phenoxy) is 2. The van der Waals surface area contributed by atoms with E-state index in [0.717, 1.165) is 84.7 Å². The third-order valence-electron chi connectivity index (χ3n) is 9.01. The summed E-state index contributed by atoms with van der Waals surface area (Å²) in [4.78, 5) is 23.1. The molecule has 2 aromatic rings. The number of oxime groups is 1. The smallest absolute Gasteiger partial charge is 0.311 e. The van der Waals surface area contributed by atoms with Crippen molar-refractivity contribution in [2.24, 2.45) is 10.6 Å². The van der Waals surface area contributed by atoms with Gasteiger partial charge in [0.25, 0.3) is 0 Å². The molecule has 0 N–H and O–H groups in total. The number of rotatable bonds is 8. The fraction of sp³-hybridized carbons (Fsp3) is 0.562. The summed E-state index contributed by atoms with van der Waals surface area (Å²) in [7, 11) is 0. The van der Waals surface area contributed by atoms with Crippen LogP contribution in [-0.4, -0.2) is 66.6 Å². The quantitative estimate of drug-likeness (QED) is 0.312. The van der Waals surface area contributed by atoms with Crippen LogP contribution in [0.5, 0.6) is 5.75 Å². The zero-order valence-electron chi connectivity index (χ0n) is 24.2. The number of hydrogen-bond donors (Lipinski definition) is 0. The molecule has 0 radical (unpaired) electrons. The van der Waals surface area contributed by atoms with Crippen LogP contribution >= 0.6 is 15.9 Å². The fourth-order valence-corrected chi connectivity index (χ4v) is 7.31. The highest BCUT2D eigenvalue weighted by Crippen LogP contribution is 2.51. The van der Waals surface area contributed by atoms with E-state index in [1.54, 1.807) is 0 Å². The van der Waals surface area contributed by atoms with E-state index in [2.05, 4.69) is 37.0 Å². The highest BCUT2D eigenvalue weighted by molar-refractivity contribution is 9.10. The van der Waals surface area contributed by atoms with Gasteiger partial charge in [-0.05, 0) is 97.6 Å². The van der Waals surface area contributed by atoms with Crippen LogP contribution in [0.15, 0.2) is 40.0 Å². The van der Waals surface area contributed by atoms with Crippen molar-refractivity contribution in [3.05, 3.63) is 51.7 Å². The van der Waals surface area contributed by atoms with E-state index in [1.165, 1.54) is 30.5 Å². The number of amidine groups is 1. The van der Waals surface area contributed by atoms with Crippen LogP contribution in [0.2, 0.25) is 0 Å². The first kappa shape index (κ1) is 28.5. The van der Waals surface area contributed by atoms with E-state index in [9.17, 15) is 9.18 Å². The molecule has 2 saturated heterocycles. The van der Waals surface area contributed by atoms with Crippen LogP contribution in [0.25, 0.3) is 11.1 Å². The van der Waals surface area contributed by atoms with Gasteiger partial charge in [0, 0.05) is 43.9 Å². The Labute approximate surface area is 250 Å². The summed E-state index contributed by atoms with van der Waals surface area (Å²) in [5, 5.41) is 4.50. The highest BCUT2D eigenvalue weighted by Gasteiger charge is 2.51. The Balaban J connectivity index is 1.12. The van der Waals surface area contributed by atoms with Gasteiger partial charge in [-0.15, -0.1) is 0 Å². The molecule has 7 nitrogen and oxygen atoms in total. The van der Waals surface area contributed by atoms with E-state index >= 15 is 0 Å². The van der Waals surface area contributed by atoms with Crippen LogP contribution in [0.3, 0.4) is 0 Å². The van der Waals surface area contributed by atoms with Crippen molar-refractivity contribution in [1.82, 2.24) is 9.80 Å². The van der Waals surface area contributed by atoms with Gasteiger partial charge in [-0.2, -0.15) is 0 Å². The van der Waals surface area contributed by atoms with Gasteiger partial charge < -0.3 is 19.2 Å². The second kappa shape index (κ2) is 11.2. The standard InChI is InChI=1S/C32H39BrFN3O4/c1-4-39-29-23(16-25(21-6-7-21)27(28(29)33)22-8-10-24(34)11-9-22)18-36-19-32(20-36)17-26(35-41-32)37-14-12-31(3,13-15-37)30(38)40-5-2/h8-11,16,21H,4-7,12-15,17-20H2,1-3H3. The number of likely N-dealkylation sites (tertiary alicyclic amines) is 2. The van der Waals surface area contributed by atoms with Crippen LogP contribution in [0.4, 0.5) is 4.39 Å². The highest BCUT2D eigenvalue weighted by atomic mass is 79.9. The Hall–Kier alpha value is -2.65. The third kappa shape index (κ3) is 5.59. The van der Waals surface area contributed by atoms with Gasteiger partial charge in [0.2, 0.25) is 0 Å². The SMILES string of the molecule is CCOC(=O)C1(C)CCN(C2=NOC3(C2)CN(Cc2cc(C4CC4)c(-c4ccc(F)cc4)c(Br)c2OCC)C3)CC1. The number of hydrogen-bond acceptors (Lipinski definition) is 7. The van der Waals surface area contributed by atoms with E-state index in [1.807, 2.05) is 32.9 Å². The minimum absolute atomic E-state index is 0.0936. The molecule has 0 unspecified atom stereocenters. The van der Waals surface area contributed by atoms with E-state index in [0.29, 0.717) is 19.1 Å². The molecule has 4 aliphatic rings. The van der Waals surface area contributed by atoms with Gasteiger partial charge in [-0.3, -0.25) is 9.69 Å². The molecule has 1 spiro atoms. The Morgan fingerprint density at radius 1 is 1.15 bits per heavy atom. The third-order valence-corrected chi connectivity index (χ3v) is 9.77. The second-order valence-corrected chi connectivity index (χ2v) is 13.0. The molecule has 2 aromatic carbocycles. The van der Waals surface area contributed by atoms with Crippen molar-refractivity contribution >= 4 is 27.7 Å². The van der Waals surface area contributed by atoms with E-state index < -0.39 is 5.41 Å². The lowest BCUT2D eigenvalue weighted by atomic mass is 9.80. The van der Waals surface area contributed by atoms with Gasteiger partial charge in [0.1, 0.15) is 17.4 Å². The summed E-state index contributed by atoms with van der Waals surface area (Å²) in [6, 6.07) is 9.05. The van der Waals surface area contributed by atoms with Crippen molar-refractivity contribution in [3.8, 4) is 16.9 Å². The van der Waals surface area contributed by atoms with Crippen LogP contribution in [0, 0.1) is 11.2 Å². The predicted molar refractivity (Wildman–Crippen MR) is 159 cm³/mol. The lowest BCUT2D eigenvalue weighted by molar-refractivity contribution is -0.156. The number of benzene rings is 2.